The first-order valence-electron chi connectivity index (χ1n) is 9.01. The van der Waals surface area contributed by atoms with Crippen LogP contribution in [-0.4, -0.2) is 49.1 Å². The number of ether oxygens (including phenoxy) is 1. The quantitative estimate of drug-likeness (QED) is 0.663. The number of pyridine rings is 1. The smallest absolute Gasteiger partial charge is 0.417 e. The lowest BCUT2D eigenvalue weighted by molar-refractivity contribution is -0.137. The average molecular weight is 405 g/mol. The van der Waals surface area contributed by atoms with Crippen LogP contribution in [0.25, 0.3) is 11.0 Å². The minimum absolute atomic E-state index is 0.227. The Labute approximate surface area is 164 Å². The van der Waals surface area contributed by atoms with Crippen molar-refractivity contribution in [1.82, 2.24) is 9.88 Å². The minimum atomic E-state index is -4.41. The molecule has 0 atom stereocenters. The summed E-state index contributed by atoms with van der Waals surface area (Å²) in [5.41, 5.74) is -0.263. The molecule has 0 spiro atoms. The Balaban J connectivity index is 1.43. The highest BCUT2D eigenvalue weighted by atomic mass is 19.4. The Morgan fingerprint density at radius 3 is 2.52 bits per heavy atom. The van der Waals surface area contributed by atoms with Crippen molar-refractivity contribution in [3.8, 4) is 5.75 Å². The standard InChI is InChI=1S/C20H18F3N3O3/c1-28-15-4-2-3-13-11-16(29-18(13)15)19(27)26-9-7-25(8-10-26)17-6-5-14(12-24-17)20(21,22)23/h2-6,11-12H,7-10H2,1H3. The number of rotatable bonds is 3. The Bertz CT molecular complexity index is 1020. The average Bonchev–Trinajstić information content (AvgIpc) is 3.17. The highest BCUT2D eigenvalue weighted by molar-refractivity contribution is 5.97. The van der Waals surface area contributed by atoms with Crippen molar-refractivity contribution in [2.24, 2.45) is 0 Å². The molecule has 1 aliphatic heterocycles. The molecule has 4 rings (SSSR count). The van der Waals surface area contributed by atoms with Crippen molar-refractivity contribution in [2.75, 3.05) is 38.2 Å². The van der Waals surface area contributed by atoms with E-state index in [0.717, 1.165) is 17.6 Å². The summed E-state index contributed by atoms with van der Waals surface area (Å²) in [7, 11) is 1.54. The lowest BCUT2D eigenvalue weighted by Crippen LogP contribution is -2.49. The number of fused-ring (bicyclic) bond motifs is 1. The number of piperazine rings is 1. The molecule has 152 valence electrons. The fourth-order valence-electron chi connectivity index (χ4n) is 3.34. The molecule has 1 saturated heterocycles. The maximum atomic E-state index is 12.8. The van der Waals surface area contributed by atoms with Gasteiger partial charge in [0.25, 0.3) is 5.91 Å². The third kappa shape index (κ3) is 3.72. The number of nitrogens with zero attached hydrogens (tertiary/aromatic N) is 3. The number of amides is 1. The molecule has 3 aromatic rings. The van der Waals surface area contributed by atoms with E-state index in [2.05, 4.69) is 4.98 Å². The van der Waals surface area contributed by atoms with Crippen molar-refractivity contribution in [3.63, 3.8) is 0 Å². The predicted molar refractivity (Wildman–Crippen MR) is 100 cm³/mol. The molecular formula is C20H18F3N3O3. The molecular weight excluding hydrogens is 387 g/mol. The zero-order valence-corrected chi connectivity index (χ0v) is 15.6. The van der Waals surface area contributed by atoms with Crippen molar-refractivity contribution < 1.29 is 27.1 Å². The number of anilines is 1. The monoisotopic (exact) mass is 405 g/mol. The summed E-state index contributed by atoms with van der Waals surface area (Å²) in [6.07, 6.45) is -3.58. The molecule has 1 aliphatic rings. The Morgan fingerprint density at radius 1 is 1.14 bits per heavy atom. The van der Waals surface area contributed by atoms with Crippen LogP contribution in [0.1, 0.15) is 16.1 Å². The fraction of sp³-hybridized carbons (Fsp3) is 0.300. The highest BCUT2D eigenvalue weighted by Crippen LogP contribution is 2.30. The molecule has 9 heteroatoms. The largest absolute Gasteiger partial charge is 0.493 e. The Morgan fingerprint density at radius 2 is 1.90 bits per heavy atom. The first-order chi connectivity index (χ1) is 13.9. The maximum Gasteiger partial charge on any atom is 0.417 e. The summed E-state index contributed by atoms with van der Waals surface area (Å²) in [5.74, 6) is 1.01. The molecule has 0 bridgehead atoms. The van der Waals surface area contributed by atoms with Crippen LogP contribution in [0, 0.1) is 0 Å². The van der Waals surface area contributed by atoms with E-state index < -0.39 is 11.7 Å². The van der Waals surface area contributed by atoms with E-state index in [1.807, 2.05) is 17.0 Å². The number of hydrogen-bond donors (Lipinski definition) is 0. The van der Waals surface area contributed by atoms with E-state index in [4.69, 9.17) is 9.15 Å². The van der Waals surface area contributed by atoms with Crippen molar-refractivity contribution in [1.29, 1.82) is 0 Å². The van der Waals surface area contributed by atoms with Gasteiger partial charge in [-0.3, -0.25) is 4.79 Å². The number of hydrogen-bond acceptors (Lipinski definition) is 5. The van der Waals surface area contributed by atoms with Gasteiger partial charge >= 0.3 is 6.18 Å². The summed E-state index contributed by atoms with van der Waals surface area (Å²) < 4.78 is 49.0. The van der Waals surface area contributed by atoms with Gasteiger partial charge in [-0.15, -0.1) is 0 Å². The number of furan rings is 1. The fourth-order valence-corrected chi connectivity index (χ4v) is 3.34. The predicted octanol–water partition coefficient (Wildman–Crippen LogP) is 3.82. The SMILES string of the molecule is COc1cccc2cc(C(=O)N3CCN(c4ccc(C(F)(F)F)cn4)CC3)oc12. The second kappa shape index (κ2) is 7.31. The van der Waals surface area contributed by atoms with E-state index in [-0.39, 0.29) is 11.7 Å². The number of alkyl halides is 3. The third-order valence-corrected chi connectivity index (χ3v) is 4.90. The molecule has 0 aliphatic carbocycles. The molecule has 3 heterocycles. The van der Waals surface area contributed by atoms with Gasteiger partial charge in [0.15, 0.2) is 17.1 Å². The maximum absolute atomic E-state index is 12.8. The number of carbonyl (C=O) groups is 1. The van der Waals surface area contributed by atoms with Gasteiger partial charge in [-0.05, 0) is 24.3 Å². The number of aromatic nitrogens is 1. The van der Waals surface area contributed by atoms with Gasteiger partial charge < -0.3 is 19.0 Å². The number of carbonyl (C=O) groups excluding carboxylic acids is 1. The summed E-state index contributed by atoms with van der Waals surface area (Å²) >= 11 is 0. The molecule has 1 aromatic carbocycles. The number of halogens is 3. The summed E-state index contributed by atoms with van der Waals surface area (Å²) in [4.78, 5) is 20.2. The molecule has 0 N–H and O–H groups in total. The van der Waals surface area contributed by atoms with E-state index in [1.54, 1.807) is 17.0 Å². The third-order valence-electron chi connectivity index (χ3n) is 4.90. The van der Waals surface area contributed by atoms with E-state index in [1.165, 1.54) is 13.2 Å². The van der Waals surface area contributed by atoms with Crippen LogP contribution in [0.5, 0.6) is 5.75 Å². The normalized spacial score (nSPS) is 15.0. The van der Waals surface area contributed by atoms with Crippen molar-refractivity contribution >= 4 is 22.7 Å². The second-order valence-electron chi connectivity index (χ2n) is 6.67. The molecule has 0 radical (unpaired) electrons. The van der Waals surface area contributed by atoms with Gasteiger partial charge in [0.2, 0.25) is 0 Å². The molecule has 6 nitrogen and oxygen atoms in total. The molecule has 1 fully saturated rings. The Hall–Kier alpha value is -3.23. The van der Waals surface area contributed by atoms with Gasteiger partial charge in [-0.2, -0.15) is 13.2 Å². The first kappa shape index (κ1) is 19.1. The van der Waals surface area contributed by atoms with Gasteiger partial charge in [0.1, 0.15) is 5.82 Å². The van der Waals surface area contributed by atoms with Crippen LogP contribution in [0.4, 0.5) is 19.0 Å². The zero-order valence-electron chi connectivity index (χ0n) is 15.6. The number of para-hydroxylation sites is 1. The van der Waals surface area contributed by atoms with Crippen LogP contribution >= 0.6 is 0 Å². The Kier molecular flexibility index (Phi) is 4.81. The lowest BCUT2D eigenvalue weighted by Gasteiger charge is -2.35. The second-order valence-corrected chi connectivity index (χ2v) is 6.67. The molecule has 1 amide bonds. The van der Waals surface area contributed by atoms with Gasteiger partial charge in [0.05, 0.1) is 12.7 Å². The molecule has 0 unspecified atom stereocenters. The van der Waals surface area contributed by atoms with E-state index >= 15 is 0 Å². The van der Waals surface area contributed by atoms with Gasteiger partial charge in [-0.25, -0.2) is 4.98 Å². The summed E-state index contributed by atoms with van der Waals surface area (Å²) in [6.45, 7) is 1.76. The zero-order chi connectivity index (χ0) is 20.6. The number of methoxy groups -OCH3 is 1. The van der Waals surface area contributed by atoms with Crippen LogP contribution in [0.2, 0.25) is 0 Å². The molecule has 0 saturated carbocycles. The van der Waals surface area contributed by atoms with Gasteiger partial charge in [-0.1, -0.05) is 12.1 Å². The van der Waals surface area contributed by atoms with Crippen molar-refractivity contribution in [3.05, 3.63) is 53.9 Å². The van der Waals surface area contributed by atoms with Crippen LogP contribution in [-0.2, 0) is 6.18 Å². The summed E-state index contributed by atoms with van der Waals surface area (Å²) in [5, 5.41) is 0.778. The van der Waals surface area contributed by atoms with Crippen LogP contribution in [0.3, 0.4) is 0 Å². The minimum Gasteiger partial charge on any atom is -0.493 e. The van der Waals surface area contributed by atoms with Crippen LogP contribution < -0.4 is 9.64 Å². The molecule has 29 heavy (non-hydrogen) atoms. The molecule has 2 aromatic heterocycles. The highest BCUT2D eigenvalue weighted by Gasteiger charge is 2.31. The van der Waals surface area contributed by atoms with Crippen molar-refractivity contribution in [2.45, 2.75) is 6.18 Å². The van der Waals surface area contributed by atoms with Gasteiger partial charge in [0, 0.05) is 37.8 Å². The van der Waals surface area contributed by atoms with E-state index in [9.17, 15) is 18.0 Å². The first-order valence-corrected chi connectivity index (χ1v) is 9.01. The topological polar surface area (TPSA) is 58.8 Å². The lowest BCUT2D eigenvalue weighted by atomic mass is 10.2. The summed E-state index contributed by atoms with van der Waals surface area (Å²) in [6, 6.07) is 9.47. The van der Waals surface area contributed by atoms with E-state index in [0.29, 0.717) is 43.3 Å². The van der Waals surface area contributed by atoms with Crippen LogP contribution in [0.15, 0.2) is 47.0 Å². The number of benzene rings is 1.